The molecule has 2 aromatic rings. The number of benzene rings is 1. The number of hydrogen-bond acceptors (Lipinski definition) is 3. The van der Waals surface area contributed by atoms with Gasteiger partial charge >= 0.3 is 0 Å². The van der Waals surface area contributed by atoms with E-state index in [9.17, 15) is 0 Å². The molecule has 5 heteroatoms. The van der Waals surface area contributed by atoms with Crippen LogP contribution in [0.15, 0.2) is 28.9 Å². The lowest BCUT2D eigenvalue weighted by Crippen LogP contribution is -2.04. The topological polar surface area (TPSA) is 31.4 Å². The van der Waals surface area contributed by atoms with E-state index in [-0.39, 0.29) is 0 Å². The maximum Gasteiger partial charge on any atom is 0.134 e. The lowest BCUT2D eigenvalue weighted by Gasteiger charge is -2.14. The summed E-state index contributed by atoms with van der Waals surface area (Å²) in [7, 11) is 1.68. The number of alkyl halides is 1. The Labute approximate surface area is 141 Å². The number of pyridine rings is 1. The van der Waals surface area contributed by atoms with Crippen molar-refractivity contribution in [3.8, 4) is 11.5 Å². The van der Waals surface area contributed by atoms with Crippen LogP contribution in [0.3, 0.4) is 0 Å². The molecule has 0 spiro atoms. The Morgan fingerprint density at radius 2 is 2.00 bits per heavy atom. The highest BCUT2D eigenvalue weighted by Crippen LogP contribution is 2.29. The molecule has 3 nitrogen and oxygen atoms in total. The zero-order chi connectivity index (χ0) is 15.4. The van der Waals surface area contributed by atoms with Crippen LogP contribution in [0.1, 0.15) is 22.4 Å². The third-order valence-electron chi connectivity index (χ3n) is 3.26. The van der Waals surface area contributed by atoms with Crippen molar-refractivity contribution < 1.29 is 9.47 Å². The monoisotopic (exact) mass is 413 g/mol. The summed E-state index contributed by atoms with van der Waals surface area (Å²) in [5.41, 5.74) is 4.13. The largest absolute Gasteiger partial charge is 0.496 e. The minimum atomic E-state index is 0.411. The molecule has 21 heavy (non-hydrogen) atoms. The van der Waals surface area contributed by atoms with Gasteiger partial charge in [-0.3, -0.25) is 4.98 Å². The van der Waals surface area contributed by atoms with Crippen molar-refractivity contribution in [1.29, 1.82) is 0 Å². The van der Waals surface area contributed by atoms with E-state index in [0.29, 0.717) is 6.61 Å². The SMILES string of the molecule is COc1c(C)cnc(COc2ccc(CBr)cc2Br)c1C. The second-order valence-corrected chi connectivity index (χ2v) is 6.15. The van der Waals surface area contributed by atoms with Crippen LogP contribution in [0.4, 0.5) is 0 Å². The average Bonchev–Trinajstić information content (AvgIpc) is 2.48. The Morgan fingerprint density at radius 3 is 2.62 bits per heavy atom. The zero-order valence-electron chi connectivity index (χ0n) is 12.2. The highest BCUT2D eigenvalue weighted by molar-refractivity contribution is 9.10. The Bertz CT molecular complexity index is 644. The molecule has 1 aromatic carbocycles. The van der Waals surface area contributed by atoms with Gasteiger partial charge < -0.3 is 9.47 Å². The number of rotatable bonds is 5. The van der Waals surface area contributed by atoms with Crippen molar-refractivity contribution in [2.75, 3.05) is 7.11 Å². The van der Waals surface area contributed by atoms with Gasteiger partial charge in [-0.25, -0.2) is 0 Å². The fourth-order valence-electron chi connectivity index (χ4n) is 2.11. The van der Waals surface area contributed by atoms with Crippen LogP contribution >= 0.6 is 31.9 Å². The zero-order valence-corrected chi connectivity index (χ0v) is 15.4. The van der Waals surface area contributed by atoms with Crippen molar-refractivity contribution in [1.82, 2.24) is 4.98 Å². The lowest BCUT2D eigenvalue weighted by molar-refractivity contribution is 0.297. The van der Waals surface area contributed by atoms with Crippen LogP contribution in [0.25, 0.3) is 0 Å². The minimum absolute atomic E-state index is 0.411. The second-order valence-electron chi connectivity index (χ2n) is 4.73. The molecule has 0 saturated heterocycles. The van der Waals surface area contributed by atoms with Crippen molar-refractivity contribution in [2.24, 2.45) is 0 Å². The highest BCUT2D eigenvalue weighted by Gasteiger charge is 2.11. The number of hydrogen-bond donors (Lipinski definition) is 0. The summed E-state index contributed by atoms with van der Waals surface area (Å²) in [5.74, 6) is 1.68. The van der Waals surface area contributed by atoms with Gasteiger partial charge in [0.25, 0.3) is 0 Å². The Hall–Kier alpha value is -1.07. The number of aromatic nitrogens is 1. The smallest absolute Gasteiger partial charge is 0.134 e. The van der Waals surface area contributed by atoms with E-state index in [0.717, 1.165) is 38.1 Å². The number of methoxy groups -OCH3 is 1. The van der Waals surface area contributed by atoms with Gasteiger partial charge in [0.15, 0.2) is 0 Å². The maximum absolute atomic E-state index is 5.86. The quantitative estimate of drug-likeness (QED) is 0.649. The molecule has 0 saturated carbocycles. The highest BCUT2D eigenvalue weighted by atomic mass is 79.9. The van der Waals surface area contributed by atoms with Crippen molar-refractivity contribution >= 4 is 31.9 Å². The summed E-state index contributed by atoms with van der Waals surface area (Å²) in [4.78, 5) is 4.44. The van der Waals surface area contributed by atoms with Gasteiger partial charge in [0.1, 0.15) is 18.1 Å². The molecule has 0 radical (unpaired) electrons. The van der Waals surface area contributed by atoms with Crippen LogP contribution in [-0.4, -0.2) is 12.1 Å². The molecule has 0 bridgehead atoms. The minimum Gasteiger partial charge on any atom is -0.496 e. The maximum atomic E-state index is 5.86. The van der Waals surface area contributed by atoms with Crippen LogP contribution < -0.4 is 9.47 Å². The average molecular weight is 415 g/mol. The summed E-state index contributed by atoms with van der Waals surface area (Å²) in [6.45, 7) is 4.40. The first kappa shape index (κ1) is 16.3. The van der Waals surface area contributed by atoms with E-state index in [4.69, 9.17) is 9.47 Å². The molecule has 0 N–H and O–H groups in total. The molecule has 0 atom stereocenters. The molecular formula is C16H17Br2NO2. The Morgan fingerprint density at radius 1 is 1.24 bits per heavy atom. The molecule has 0 fully saturated rings. The van der Waals surface area contributed by atoms with E-state index in [1.54, 1.807) is 7.11 Å². The Kier molecular flexibility index (Phi) is 5.65. The van der Waals surface area contributed by atoms with Gasteiger partial charge in [0.05, 0.1) is 17.3 Å². The molecule has 0 unspecified atom stereocenters. The second kappa shape index (κ2) is 7.27. The molecular weight excluding hydrogens is 398 g/mol. The van der Waals surface area contributed by atoms with Crippen molar-refractivity contribution in [3.05, 3.63) is 51.3 Å². The summed E-state index contributed by atoms with van der Waals surface area (Å²) in [5, 5.41) is 0.821. The number of nitrogens with zero attached hydrogens (tertiary/aromatic N) is 1. The van der Waals surface area contributed by atoms with E-state index >= 15 is 0 Å². The normalized spacial score (nSPS) is 10.5. The molecule has 1 aromatic heterocycles. The van der Waals surface area contributed by atoms with E-state index in [2.05, 4.69) is 36.8 Å². The third-order valence-corrected chi connectivity index (χ3v) is 4.53. The molecule has 1 heterocycles. The summed E-state index contributed by atoms with van der Waals surface area (Å²) >= 11 is 6.97. The first-order valence-electron chi connectivity index (χ1n) is 6.53. The van der Waals surface area contributed by atoms with Crippen LogP contribution in [-0.2, 0) is 11.9 Å². The number of aryl methyl sites for hydroxylation is 1. The van der Waals surface area contributed by atoms with Gasteiger partial charge in [0, 0.05) is 22.7 Å². The van der Waals surface area contributed by atoms with Crippen LogP contribution in [0, 0.1) is 13.8 Å². The third kappa shape index (κ3) is 3.77. The number of halogens is 2. The molecule has 0 aliphatic rings. The van der Waals surface area contributed by atoms with E-state index in [1.807, 2.05) is 38.2 Å². The predicted molar refractivity (Wildman–Crippen MR) is 91.4 cm³/mol. The van der Waals surface area contributed by atoms with Gasteiger partial charge in [-0.2, -0.15) is 0 Å². The molecule has 2 rings (SSSR count). The van der Waals surface area contributed by atoms with Gasteiger partial charge in [-0.05, 0) is 47.5 Å². The van der Waals surface area contributed by atoms with Gasteiger partial charge in [-0.15, -0.1) is 0 Å². The first-order chi connectivity index (χ1) is 10.1. The first-order valence-corrected chi connectivity index (χ1v) is 8.44. The molecule has 0 amide bonds. The fraction of sp³-hybridized carbons (Fsp3) is 0.312. The van der Waals surface area contributed by atoms with Crippen LogP contribution in [0.5, 0.6) is 11.5 Å². The fourth-order valence-corrected chi connectivity index (χ4v) is 3.00. The standard InChI is InChI=1S/C16H17Br2NO2/c1-10-8-19-14(11(2)16(10)20-3)9-21-15-5-4-12(7-17)6-13(15)18/h4-6,8H,7,9H2,1-3H3. The van der Waals surface area contributed by atoms with Crippen LogP contribution in [0.2, 0.25) is 0 Å². The molecule has 112 valence electrons. The van der Waals surface area contributed by atoms with Gasteiger partial charge in [-0.1, -0.05) is 22.0 Å². The van der Waals surface area contributed by atoms with Crippen molar-refractivity contribution in [2.45, 2.75) is 25.8 Å². The van der Waals surface area contributed by atoms with E-state index < -0.39 is 0 Å². The van der Waals surface area contributed by atoms with E-state index in [1.165, 1.54) is 5.56 Å². The van der Waals surface area contributed by atoms with Gasteiger partial charge in [0.2, 0.25) is 0 Å². The summed E-state index contributed by atoms with van der Waals surface area (Å²) < 4.78 is 12.2. The van der Waals surface area contributed by atoms with Crippen molar-refractivity contribution in [3.63, 3.8) is 0 Å². The molecule has 0 aliphatic carbocycles. The summed E-state index contributed by atoms with van der Waals surface area (Å²) in [6, 6.07) is 6.03. The number of ether oxygens (including phenoxy) is 2. The summed E-state index contributed by atoms with van der Waals surface area (Å²) in [6.07, 6.45) is 1.81. The lowest BCUT2D eigenvalue weighted by atomic mass is 10.1. The molecule has 0 aliphatic heterocycles. The predicted octanol–water partition coefficient (Wildman–Crippen LogP) is 4.94. The Balaban J connectivity index is 2.17.